The van der Waals surface area contributed by atoms with Gasteiger partial charge in [-0.1, -0.05) is 23.8 Å². The number of esters is 1. The number of aromatic nitrogens is 1. The maximum Gasteiger partial charge on any atom is 0.352 e. The molecule has 1 heterocycles. The van der Waals surface area contributed by atoms with Gasteiger partial charge in [-0.3, -0.25) is 0 Å². The Morgan fingerprint density at radius 2 is 1.88 bits per heavy atom. The summed E-state index contributed by atoms with van der Waals surface area (Å²) in [5, 5.41) is 10.4. The molecule has 0 atom stereocenters. The van der Waals surface area contributed by atoms with Crippen LogP contribution in [0.1, 0.15) is 33.3 Å². The van der Waals surface area contributed by atoms with Crippen molar-refractivity contribution in [3.63, 3.8) is 0 Å². The average Bonchev–Trinajstić information content (AvgIpc) is 2.93. The molecule has 0 fully saturated rings. The standard InChI is InChI=1S/C19H17NO4/c1-3-24-19(23)14-6-4-5-7-16(14)20-15-9-8-12(2)10-13(15)11-17(20)18(21)22/h4-11H,3H2,1-2H3,(H,21,22). The highest BCUT2D eigenvalue weighted by Crippen LogP contribution is 2.27. The Balaban J connectivity index is 2.32. The third-order valence-electron chi connectivity index (χ3n) is 3.82. The molecular weight excluding hydrogens is 306 g/mol. The Morgan fingerprint density at radius 3 is 2.58 bits per heavy atom. The first-order chi connectivity index (χ1) is 11.5. The number of carbonyl (C=O) groups excluding carboxylic acids is 1. The van der Waals surface area contributed by atoms with Crippen molar-refractivity contribution in [2.75, 3.05) is 6.61 Å². The van der Waals surface area contributed by atoms with Gasteiger partial charge in [0.25, 0.3) is 0 Å². The highest BCUT2D eigenvalue weighted by atomic mass is 16.5. The van der Waals surface area contributed by atoms with Crippen LogP contribution in [-0.4, -0.2) is 28.2 Å². The lowest BCUT2D eigenvalue weighted by Crippen LogP contribution is -2.13. The van der Waals surface area contributed by atoms with Crippen molar-refractivity contribution in [3.05, 3.63) is 65.4 Å². The number of carboxylic acid groups (broad SMARTS) is 1. The van der Waals surface area contributed by atoms with Gasteiger partial charge in [-0.25, -0.2) is 9.59 Å². The summed E-state index contributed by atoms with van der Waals surface area (Å²) < 4.78 is 6.69. The fourth-order valence-corrected chi connectivity index (χ4v) is 2.80. The minimum Gasteiger partial charge on any atom is -0.477 e. The van der Waals surface area contributed by atoms with Gasteiger partial charge in [0, 0.05) is 5.39 Å². The molecule has 122 valence electrons. The van der Waals surface area contributed by atoms with E-state index in [1.165, 1.54) is 0 Å². The van der Waals surface area contributed by atoms with Crippen molar-refractivity contribution < 1.29 is 19.4 Å². The van der Waals surface area contributed by atoms with Crippen LogP contribution in [0.15, 0.2) is 48.5 Å². The van der Waals surface area contributed by atoms with Crippen LogP contribution in [0.4, 0.5) is 0 Å². The van der Waals surface area contributed by atoms with Crippen LogP contribution in [0.5, 0.6) is 0 Å². The molecule has 3 aromatic rings. The smallest absolute Gasteiger partial charge is 0.352 e. The second kappa shape index (κ2) is 6.20. The highest BCUT2D eigenvalue weighted by Gasteiger charge is 2.21. The summed E-state index contributed by atoms with van der Waals surface area (Å²) in [6, 6.07) is 14.2. The van der Waals surface area contributed by atoms with E-state index in [2.05, 4.69) is 0 Å². The number of aryl methyl sites for hydroxylation is 1. The third kappa shape index (κ3) is 2.65. The van der Waals surface area contributed by atoms with Crippen LogP contribution < -0.4 is 0 Å². The molecule has 5 heteroatoms. The Morgan fingerprint density at radius 1 is 1.12 bits per heavy atom. The van der Waals surface area contributed by atoms with Crippen LogP contribution in [0.2, 0.25) is 0 Å². The molecular formula is C19H17NO4. The van der Waals surface area contributed by atoms with Crippen LogP contribution in [-0.2, 0) is 4.74 Å². The second-order valence-corrected chi connectivity index (χ2v) is 5.47. The number of aromatic carboxylic acids is 1. The normalized spacial score (nSPS) is 10.8. The van der Waals surface area contributed by atoms with E-state index >= 15 is 0 Å². The minimum absolute atomic E-state index is 0.104. The number of hydrogen-bond donors (Lipinski definition) is 1. The van der Waals surface area contributed by atoms with Gasteiger partial charge in [0.2, 0.25) is 0 Å². The molecule has 24 heavy (non-hydrogen) atoms. The van der Waals surface area contributed by atoms with Crippen molar-refractivity contribution in [2.24, 2.45) is 0 Å². The number of ether oxygens (including phenoxy) is 1. The lowest BCUT2D eigenvalue weighted by molar-refractivity contribution is 0.0525. The molecule has 0 aliphatic carbocycles. The molecule has 0 amide bonds. The molecule has 0 radical (unpaired) electrons. The van der Waals surface area contributed by atoms with Gasteiger partial charge < -0.3 is 14.4 Å². The average molecular weight is 323 g/mol. The number of fused-ring (bicyclic) bond motifs is 1. The summed E-state index contributed by atoms with van der Waals surface area (Å²) >= 11 is 0. The molecule has 3 rings (SSSR count). The molecule has 0 spiro atoms. The number of carboxylic acids is 1. The summed E-state index contributed by atoms with van der Waals surface area (Å²) in [7, 11) is 0. The summed E-state index contributed by atoms with van der Waals surface area (Å²) in [5.74, 6) is -1.53. The van der Waals surface area contributed by atoms with Crippen LogP contribution in [0, 0.1) is 6.92 Å². The van der Waals surface area contributed by atoms with Crippen LogP contribution in [0.25, 0.3) is 16.6 Å². The topological polar surface area (TPSA) is 68.5 Å². The van der Waals surface area contributed by atoms with Gasteiger partial charge in [-0.2, -0.15) is 0 Å². The van der Waals surface area contributed by atoms with Crippen molar-refractivity contribution in [3.8, 4) is 5.69 Å². The molecule has 5 nitrogen and oxygen atoms in total. The van der Waals surface area contributed by atoms with E-state index in [4.69, 9.17) is 4.74 Å². The minimum atomic E-state index is -1.05. The number of carbonyl (C=O) groups is 2. The largest absolute Gasteiger partial charge is 0.477 e. The van der Waals surface area contributed by atoms with Gasteiger partial charge in [0.05, 0.1) is 23.4 Å². The van der Waals surface area contributed by atoms with Crippen molar-refractivity contribution >= 4 is 22.8 Å². The number of benzene rings is 2. The number of rotatable bonds is 4. The van der Waals surface area contributed by atoms with E-state index in [1.54, 1.807) is 41.8 Å². The van der Waals surface area contributed by atoms with Gasteiger partial charge >= 0.3 is 11.9 Å². The van der Waals surface area contributed by atoms with Gasteiger partial charge in [0.1, 0.15) is 5.69 Å². The van der Waals surface area contributed by atoms with E-state index in [0.717, 1.165) is 16.5 Å². The molecule has 0 unspecified atom stereocenters. The quantitative estimate of drug-likeness (QED) is 0.741. The molecule has 0 saturated heterocycles. The lowest BCUT2D eigenvalue weighted by Gasteiger charge is -2.13. The first-order valence-electron chi connectivity index (χ1n) is 7.65. The van der Waals surface area contributed by atoms with Crippen LogP contribution in [0.3, 0.4) is 0 Å². The first-order valence-corrected chi connectivity index (χ1v) is 7.65. The van der Waals surface area contributed by atoms with E-state index < -0.39 is 11.9 Å². The molecule has 0 bridgehead atoms. The van der Waals surface area contributed by atoms with Crippen LogP contribution >= 0.6 is 0 Å². The van der Waals surface area contributed by atoms with Gasteiger partial charge in [0.15, 0.2) is 0 Å². The van der Waals surface area contributed by atoms with E-state index in [9.17, 15) is 14.7 Å². The number of hydrogen-bond acceptors (Lipinski definition) is 3. The SMILES string of the molecule is CCOC(=O)c1ccccc1-n1c(C(=O)O)cc2cc(C)ccc21. The Hall–Kier alpha value is -3.08. The van der Waals surface area contributed by atoms with E-state index in [-0.39, 0.29) is 12.3 Å². The first kappa shape index (κ1) is 15.8. The Labute approximate surface area is 139 Å². The monoisotopic (exact) mass is 323 g/mol. The zero-order valence-electron chi connectivity index (χ0n) is 13.4. The molecule has 0 saturated carbocycles. The highest BCUT2D eigenvalue weighted by molar-refractivity contribution is 5.99. The summed E-state index contributed by atoms with van der Waals surface area (Å²) in [5.41, 5.74) is 2.70. The van der Waals surface area contributed by atoms with Crippen molar-refractivity contribution in [1.82, 2.24) is 4.57 Å². The zero-order chi connectivity index (χ0) is 17.3. The molecule has 1 aromatic heterocycles. The molecule has 2 aromatic carbocycles. The Kier molecular flexibility index (Phi) is 4.08. The van der Waals surface area contributed by atoms with Gasteiger partial charge in [-0.05, 0) is 44.2 Å². The molecule has 0 aliphatic heterocycles. The lowest BCUT2D eigenvalue weighted by atomic mass is 10.1. The summed E-state index contributed by atoms with van der Waals surface area (Å²) in [4.78, 5) is 24.0. The van der Waals surface area contributed by atoms with Crippen molar-refractivity contribution in [1.29, 1.82) is 0 Å². The fourth-order valence-electron chi connectivity index (χ4n) is 2.80. The van der Waals surface area contributed by atoms with Crippen molar-refractivity contribution in [2.45, 2.75) is 13.8 Å². The third-order valence-corrected chi connectivity index (χ3v) is 3.82. The predicted molar refractivity (Wildman–Crippen MR) is 90.9 cm³/mol. The predicted octanol–water partition coefficient (Wildman–Crippen LogP) is 3.81. The zero-order valence-corrected chi connectivity index (χ0v) is 13.4. The second-order valence-electron chi connectivity index (χ2n) is 5.47. The van der Waals surface area contributed by atoms with E-state index in [1.807, 2.05) is 25.1 Å². The summed E-state index contributed by atoms with van der Waals surface area (Å²) in [6.45, 7) is 3.94. The number of para-hydroxylation sites is 1. The van der Waals surface area contributed by atoms with E-state index in [0.29, 0.717) is 11.3 Å². The van der Waals surface area contributed by atoms with Gasteiger partial charge in [-0.15, -0.1) is 0 Å². The molecule has 1 N–H and O–H groups in total. The maximum absolute atomic E-state index is 12.2. The summed E-state index contributed by atoms with van der Waals surface area (Å²) in [6.07, 6.45) is 0. The Bertz CT molecular complexity index is 940. The molecule has 0 aliphatic rings. The fraction of sp³-hybridized carbons (Fsp3) is 0.158. The maximum atomic E-state index is 12.2. The number of nitrogens with zero attached hydrogens (tertiary/aromatic N) is 1.